The normalized spacial score (nSPS) is 36.5. The molecule has 1 aromatic rings. The average molecular weight is 365 g/mol. The third-order valence-electron chi connectivity index (χ3n) is 6.60. The van der Waals surface area contributed by atoms with Gasteiger partial charge in [-0.05, 0) is 49.8 Å². The van der Waals surface area contributed by atoms with Crippen LogP contribution in [0, 0.1) is 11.2 Å². The zero-order valence-corrected chi connectivity index (χ0v) is 14.8. The fourth-order valence-corrected chi connectivity index (χ4v) is 5.10. The fourth-order valence-electron chi connectivity index (χ4n) is 5.10. The highest BCUT2D eigenvalue weighted by Gasteiger charge is 2.63. The van der Waals surface area contributed by atoms with E-state index in [4.69, 9.17) is 4.74 Å². The minimum Gasteiger partial charge on any atom is -0.396 e. The molecule has 3 aliphatic rings. The lowest BCUT2D eigenvalue weighted by Crippen LogP contribution is -2.50. The Labute approximate surface area is 152 Å². The van der Waals surface area contributed by atoms with Crippen LogP contribution in [0.25, 0.3) is 0 Å². The number of benzene rings is 1. The van der Waals surface area contributed by atoms with E-state index < -0.39 is 16.7 Å². The van der Waals surface area contributed by atoms with Gasteiger partial charge in [0.25, 0.3) is 5.91 Å². The smallest absolute Gasteiger partial charge is 0.255 e. The van der Waals surface area contributed by atoms with E-state index in [-0.39, 0.29) is 31.4 Å². The number of rotatable bonds is 4. The van der Waals surface area contributed by atoms with Crippen LogP contribution < -0.4 is 0 Å². The first-order chi connectivity index (χ1) is 12.4. The topological polar surface area (TPSA) is 49.8 Å². The molecule has 26 heavy (non-hydrogen) atoms. The zero-order valence-electron chi connectivity index (χ0n) is 14.8. The van der Waals surface area contributed by atoms with Crippen molar-refractivity contribution in [2.75, 3.05) is 26.3 Å². The summed E-state index contributed by atoms with van der Waals surface area (Å²) in [4.78, 5) is 14.9. The van der Waals surface area contributed by atoms with E-state index in [2.05, 4.69) is 0 Å². The number of halogens is 2. The van der Waals surface area contributed by atoms with E-state index in [1.165, 1.54) is 12.1 Å². The molecule has 0 bridgehead atoms. The van der Waals surface area contributed by atoms with Gasteiger partial charge in [0.2, 0.25) is 0 Å². The molecular weight excluding hydrogens is 340 g/mol. The summed E-state index contributed by atoms with van der Waals surface area (Å²) in [5, 5.41) is 9.84. The summed E-state index contributed by atoms with van der Waals surface area (Å²) in [6, 6.07) is 6.08. The minimum absolute atomic E-state index is 0.0287. The number of likely N-dealkylation sites (tertiary alicyclic amines) is 1. The van der Waals surface area contributed by atoms with E-state index in [1.54, 1.807) is 17.0 Å². The lowest BCUT2D eigenvalue weighted by Gasteiger charge is -2.33. The Morgan fingerprint density at radius 2 is 1.92 bits per heavy atom. The molecular formula is C20H25F2NO3. The summed E-state index contributed by atoms with van der Waals surface area (Å²) < 4.78 is 34.5. The molecule has 1 aliphatic carbocycles. The van der Waals surface area contributed by atoms with Gasteiger partial charge in [0, 0.05) is 25.0 Å². The van der Waals surface area contributed by atoms with Crippen LogP contribution >= 0.6 is 0 Å². The molecule has 142 valence electrons. The monoisotopic (exact) mass is 365 g/mol. The number of amides is 1. The maximum atomic E-state index is 15.4. The first kappa shape index (κ1) is 17.9. The zero-order chi connectivity index (χ0) is 18.4. The number of fused-ring (bicyclic) bond motifs is 1. The quantitative estimate of drug-likeness (QED) is 0.892. The number of aliphatic hydroxyl groups excluding tert-OH is 1. The van der Waals surface area contributed by atoms with Crippen molar-refractivity contribution in [3.8, 4) is 0 Å². The second-order valence-electron chi connectivity index (χ2n) is 8.17. The number of aliphatic hydroxyl groups is 1. The highest BCUT2D eigenvalue weighted by Crippen LogP contribution is 2.54. The van der Waals surface area contributed by atoms with E-state index in [0.29, 0.717) is 32.3 Å². The Kier molecular flexibility index (Phi) is 4.31. The van der Waals surface area contributed by atoms with Crippen molar-refractivity contribution in [2.45, 2.75) is 49.8 Å². The summed E-state index contributed by atoms with van der Waals surface area (Å²) in [5.74, 6) is -0.517. The van der Waals surface area contributed by atoms with Gasteiger partial charge in [0.05, 0.1) is 13.2 Å². The molecule has 1 saturated carbocycles. The summed E-state index contributed by atoms with van der Waals surface area (Å²) >= 11 is 0. The fraction of sp³-hybridized carbons (Fsp3) is 0.650. The van der Waals surface area contributed by atoms with Gasteiger partial charge in [0.1, 0.15) is 11.5 Å². The van der Waals surface area contributed by atoms with Gasteiger partial charge < -0.3 is 14.7 Å². The summed E-state index contributed by atoms with van der Waals surface area (Å²) in [5.41, 5.74) is -2.53. The van der Waals surface area contributed by atoms with Crippen LogP contribution in [-0.4, -0.2) is 53.5 Å². The molecule has 4 nitrogen and oxygen atoms in total. The molecule has 1 unspecified atom stereocenters. The molecule has 2 heterocycles. The van der Waals surface area contributed by atoms with Crippen molar-refractivity contribution in [3.63, 3.8) is 0 Å². The molecule has 2 saturated heterocycles. The number of hydrogen-bond donors (Lipinski definition) is 1. The van der Waals surface area contributed by atoms with Crippen molar-refractivity contribution in [1.29, 1.82) is 0 Å². The summed E-state index contributed by atoms with van der Waals surface area (Å²) in [6.45, 7) is 0.528. The van der Waals surface area contributed by atoms with Gasteiger partial charge in [-0.3, -0.25) is 4.79 Å². The number of carbonyl (C=O) groups excluding carboxylic acids is 1. The van der Waals surface area contributed by atoms with Crippen molar-refractivity contribution >= 4 is 5.91 Å². The molecule has 2 aliphatic heterocycles. The molecule has 1 aromatic carbocycles. The SMILES string of the molecule is O=C(N1C[C@]2(F)CCC[C@]2(CO)C1)C1(Cc2ccc(F)cc2)CCCO1. The van der Waals surface area contributed by atoms with Crippen LogP contribution in [0.2, 0.25) is 0 Å². The van der Waals surface area contributed by atoms with Crippen molar-refractivity contribution in [2.24, 2.45) is 5.41 Å². The Bertz CT molecular complexity index is 689. The first-order valence-electron chi connectivity index (χ1n) is 9.40. The lowest BCUT2D eigenvalue weighted by molar-refractivity contribution is -0.152. The molecule has 0 radical (unpaired) electrons. The average Bonchev–Trinajstić information content (AvgIpc) is 3.28. The number of carbonyl (C=O) groups is 1. The molecule has 4 rings (SSSR count). The van der Waals surface area contributed by atoms with Crippen LogP contribution in [0.15, 0.2) is 24.3 Å². The molecule has 6 heteroatoms. The third-order valence-corrected chi connectivity index (χ3v) is 6.60. The van der Waals surface area contributed by atoms with Gasteiger partial charge in [-0.25, -0.2) is 8.78 Å². The van der Waals surface area contributed by atoms with Crippen LogP contribution in [-0.2, 0) is 16.0 Å². The number of ether oxygens (including phenoxy) is 1. The van der Waals surface area contributed by atoms with Crippen LogP contribution in [0.4, 0.5) is 8.78 Å². The number of alkyl halides is 1. The Balaban J connectivity index is 1.58. The molecule has 1 amide bonds. The highest BCUT2D eigenvalue weighted by molar-refractivity contribution is 5.86. The standard InChI is InChI=1S/C20H25F2NO3/c21-16-5-3-15(4-6-16)11-19(8-2-10-26-19)17(25)23-12-18(14-24)7-1-9-20(18,22)13-23/h3-6,24H,1-2,7-14H2/t18-,19?,20-/m1/s1. The van der Waals surface area contributed by atoms with Gasteiger partial charge in [-0.2, -0.15) is 0 Å². The Morgan fingerprint density at radius 1 is 1.15 bits per heavy atom. The maximum Gasteiger partial charge on any atom is 0.255 e. The van der Waals surface area contributed by atoms with E-state index in [9.17, 15) is 14.3 Å². The molecule has 1 N–H and O–H groups in total. The van der Waals surface area contributed by atoms with Crippen LogP contribution in [0.5, 0.6) is 0 Å². The highest BCUT2D eigenvalue weighted by atomic mass is 19.1. The Hall–Kier alpha value is -1.53. The summed E-state index contributed by atoms with van der Waals surface area (Å²) in [6.07, 6.45) is 3.45. The lowest BCUT2D eigenvalue weighted by atomic mass is 9.79. The van der Waals surface area contributed by atoms with Gasteiger partial charge in [-0.1, -0.05) is 12.1 Å². The van der Waals surface area contributed by atoms with E-state index >= 15 is 4.39 Å². The Morgan fingerprint density at radius 3 is 2.54 bits per heavy atom. The second-order valence-corrected chi connectivity index (χ2v) is 8.17. The third kappa shape index (κ3) is 2.65. The predicted molar refractivity (Wildman–Crippen MR) is 91.8 cm³/mol. The minimum atomic E-state index is -1.51. The van der Waals surface area contributed by atoms with E-state index in [0.717, 1.165) is 18.4 Å². The summed E-state index contributed by atoms with van der Waals surface area (Å²) in [7, 11) is 0. The largest absolute Gasteiger partial charge is 0.396 e. The first-order valence-corrected chi connectivity index (χ1v) is 9.40. The van der Waals surface area contributed by atoms with Gasteiger partial charge >= 0.3 is 0 Å². The van der Waals surface area contributed by atoms with Crippen LogP contribution in [0.3, 0.4) is 0 Å². The maximum absolute atomic E-state index is 15.4. The van der Waals surface area contributed by atoms with Gasteiger partial charge in [0.15, 0.2) is 5.60 Å². The number of nitrogens with zero attached hydrogens (tertiary/aromatic N) is 1. The molecule has 0 aromatic heterocycles. The van der Waals surface area contributed by atoms with Crippen molar-refractivity contribution in [1.82, 2.24) is 4.90 Å². The second kappa shape index (κ2) is 6.27. The molecule has 3 atom stereocenters. The van der Waals surface area contributed by atoms with E-state index in [1.807, 2.05) is 0 Å². The van der Waals surface area contributed by atoms with Crippen molar-refractivity contribution in [3.05, 3.63) is 35.6 Å². The molecule has 0 spiro atoms. The molecule has 3 fully saturated rings. The number of hydrogen-bond acceptors (Lipinski definition) is 3. The van der Waals surface area contributed by atoms with Gasteiger partial charge in [-0.15, -0.1) is 0 Å². The van der Waals surface area contributed by atoms with Crippen molar-refractivity contribution < 1.29 is 23.4 Å². The predicted octanol–water partition coefficient (Wildman–Crippen LogP) is 2.63. The van der Waals surface area contributed by atoms with Crippen LogP contribution in [0.1, 0.15) is 37.7 Å².